The molecule has 0 unspecified atom stereocenters. The molecule has 1 aliphatic rings. The van der Waals surface area contributed by atoms with Gasteiger partial charge in [0.1, 0.15) is 5.25 Å². The number of sulfone groups is 1. The predicted octanol–water partition coefficient (Wildman–Crippen LogP) is 2.03. The maximum Gasteiger partial charge on any atom is 0.238 e. The van der Waals surface area contributed by atoms with E-state index in [-0.39, 0.29) is 12.5 Å². The van der Waals surface area contributed by atoms with Crippen LogP contribution in [-0.2, 0) is 26.0 Å². The molecule has 1 heterocycles. The predicted molar refractivity (Wildman–Crippen MR) is 98.0 cm³/mol. The van der Waals surface area contributed by atoms with Crippen molar-refractivity contribution >= 4 is 27.3 Å². The lowest BCUT2D eigenvalue weighted by Crippen LogP contribution is -2.40. The number of rotatable bonds is 6. The maximum atomic E-state index is 12.2. The summed E-state index contributed by atoms with van der Waals surface area (Å²) in [4.78, 5) is 25.9. The van der Waals surface area contributed by atoms with Crippen LogP contribution in [-0.4, -0.2) is 37.3 Å². The van der Waals surface area contributed by atoms with E-state index < -0.39 is 26.2 Å². The molecule has 1 aromatic carbocycles. The van der Waals surface area contributed by atoms with Crippen LogP contribution < -0.4 is 10.2 Å². The minimum absolute atomic E-state index is 0.115. The van der Waals surface area contributed by atoms with Crippen LogP contribution in [0.5, 0.6) is 0 Å². The summed E-state index contributed by atoms with van der Waals surface area (Å²) in [6.07, 6.45) is 2.47. The zero-order chi connectivity index (χ0) is 18.6. The fourth-order valence-electron chi connectivity index (χ4n) is 2.80. The molecule has 1 N–H and O–H groups in total. The van der Waals surface area contributed by atoms with Gasteiger partial charge in [0.05, 0.1) is 5.25 Å². The van der Waals surface area contributed by atoms with Gasteiger partial charge in [-0.05, 0) is 51.3 Å². The molecule has 2 rings (SSSR count). The highest BCUT2D eigenvalue weighted by atomic mass is 32.2. The van der Waals surface area contributed by atoms with Gasteiger partial charge in [-0.15, -0.1) is 0 Å². The molecule has 1 atom stereocenters. The summed E-state index contributed by atoms with van der Waals surface area (Å²) in [6, 6.07) is 7.43. The summed E-state index contributed by atoms with van der Waals surface area (Å²) < 4.78 is 24.1. The molecule has 0 spiro atoms. The van der Waals surface area contributed by atoms with Gasteiger partial charge >= 0.3 is 0 Å². The third kappa shape index (κ3) is 4.60. The molecule has 25 heavy (non-hydrogen) atoms. The lowest BCUT2D eigenvalue weighted by atomic mass is 10.1. The van der Waals surface area contributed by atoms with E-state index in [1.807, 2.05) is 24.3 Å². The van der Waals surface area contributed by atoms with Crippen LogP contribution in [0.2, 0.25) is 0 Å². The molecular weight excluding hydrogens is 340 g/mol. The second-order valence-corrected chi connectivity index (χ2v) is 9.50. The fourth-order valence-corrected chi connectivity index (χ4v) is 4.00. The quantitative estimate of drug-likeness (QED) is 0.835. The fraction of sp³-hybridized carbons (Fsp3) is 0.556. The van der Waals surface area contributed by atoms with Gasteiger partial charge in [0.25, 0.3) is 0 Å². The Balaban J connectivity index is 2.03. The Bertz CT molecular complexity index is 743. The smallest absolute Gasteiger partial charge is 0.238 e. The first-order chi connectivity index (χ1) is 11.7. The summed E-state index contributed by atoms with van der Waals surface area (Å²) in [5.41, 5.74) is 1.65. The molecule has 1 aromatic rings. The van der Waals surface area contributed by atoms with Crippen molar-refractivity contribution in [2.24, 2.45) is 0 Å². The van der Waals surface area contributed by atoms with E-state index in [9.17, 15) is 18.0 Å². The summed E-state index contributed by atoms with van der Waals surface area (Å²) in [6.45, 7) is 5.48. The molecule has 0 bridgehead atoms. The minimum atomic E-state index is -3.48. The van der Waals surface area contributed by atoms with Crippen LogP contribution in [0, 0.1) is 0 Å². The first-order valence-electron chi connectivity index (χ1n) is 8.63. The van der Waals surface area contributed by atoms with Crippen LogP contribution in [0.4, 0.5) is 5.69 Å². The molecule has 0 aromatic heterocycles. The van der Waals surface area contributed by atoms with Crippen molar-refractivity contribution in [3.63, 3.8) is 0 Å². The highest BCUT2D eigenvalue weighted by Gasteiger charge is 2.30. The normalized spacial score (nSPS) is 16.8. The third-order valence-corrected chi connectivity index (χ3v) is 7.05. The van der Waals surface area contributed by atoms with Crippen molar-refractivity contribution in [2.45, 2.75) is 57.1 Å². The number of hydrogen-bond donors (Lipinski definition) is 1. The molecule has 6 nitrogen and oxygen atoms in total. The van der Waals surface area contributed by atoms with Crippen molar-refractivity contribution in [3.05, 3.63) is 29.8 Å². The third-order valence-electron chi connectivity index (χ3n) is 4.53. The van der Waals surface area contributed by atoms with Crippen molar-refractivity contribution in [2.75, 3.05) is 11.4 Å². The Hall–Kier alpha value is -1.89. The number of anilines is 1. The molecule has 2 amide bonds. The molecule has 0 saturated carbocycles. The Kier molecular flexibility index (Phi) is 6.21. The Morgan fingerprint density at radius 2 is 1.96 bits per heavy atom. The first kappa shape index (κ1) is 19.4. The monoisotopic (exact) mass is 366 g/mol. The zero-order valence-corrected chi connectivity index (χ0v) is 15.8. The SMILES string of the molecule is CC(C)S(=O)(=O)[C@@H](C)C(=O)NCc1cccc(N2CCCCC2=O)c1. The molecule has 1 fully saturated rings. The van der Waals surface area contributed by atoms with Crippen molar-refractivity contribution in [3.8, 4) is 0 Å². The number of benzene rings is 1. The molecule has 7 heteroatoms. The molecule has 0 radical (unpaired) electrons. The minimum Gasteiger partial charge on any atom is -0.351 e. The lowest BCUT2D eigenvalue weighted by molar-refractivity contribution is -0.121. The van der Waals surface area contributed by atoms with Crippen LogP contribution >= 0.6 is 0 Å². The van der Waals surface area contributed by atoms with E-state index in [4.69, 9.17) is 0 Å². The first-order valence-corrected chi connectivity index (χ1v) is 10.2. The highest BCUT2D eigenvalue weighted by Crippen LogP contribution is 2.22. The number of nitrogens with zero attached hydrogens (tertiary/aromatic N) is 1. The lowest BCUT2D eigenvalue weighted by Gasteiger charge is -2.27. The molecule has 0 aliphatic carbocycles. The van der Waals surface area contributed by atoms with Crippen molar-refractivity contribution < 1.29 is 18.0 Å². The van der Waals surface area contributed by atoms with Crippen LogP contribution in [0.15, 0.2) is 24.3 Å². The second-order valence-electron chi connectivity index (χ2n) is 6.67. The topological polar surface area (TPSA) is 83.6 Å². The highest BCUT2D eigenvalue weighted by molar-refractivity contribution is 7.93. The van der Waals surface area contributed by atoms with Crippen molar-refractivity contribution in [1.29, 1.82) is 0 Å². The van der Waals surface area contributed by atoms with E-state index >= 15 is 0 Å². The summed E-state index contributed by atoms with van der Waals surface area (Å²) in [7, 11) is -3.48. The number of amides is 2. The average molecular weight is 366 g/mol. The Morgan fingerprint density at radius 1 is 1.24 bits per heavy atom. The number of carbonyl (C=O) groups excluding carboxylic acids is 2. The summed E-state index contributed by atoms with van der Waals surface area (Å²) in [5.74, 6) is -0.391. The molecule has 1 saturated heterocycles. The van der Waals surface area contributed by atoms with Crippen LogP contribution in [0.25, 0.3) is 0 Å². The van der Waals surface area contributed by atoms with Gasteiger partial charge in [-0.1, -0.05) is 12.1 Å². The van der Waals surface area contributed by atoms with Crippen molar-refractivity contribution in [1.82, 2.24) is 5.32 Å². The van der Waals surface area contributed by atoms with E-state index in [2.05, 4.69) is 5.32 Å². The second kappa shape index (κ2) is 7.99. The van der Waals surface area contributed by atoms with Gasteiger partial charge in [0.2, 0.25) is 11.8 Å². The number of piperidine rings is 1. The maximum absolute atomic E-state index is 12.2. The largest absolute Gasteiger partial charge is 0.351 e. The molecular formula is C18H26N2O4S. The van der Waals surface area contributed by atoms with Crippen LogP contribution in [0.1, 0.15) is 45.6 Å². The number of nitrogens with one attached hydrogen (secondary N) is 1. The van der Waals surface area contributed by atoms with Gasteiger partial charge in [-0.3, -0.25) is 9.59 Å². The van der Waals surface area contributed by atoms with Gasteiger partial charge in [0, 0.05) is 25.2 Å². The number of hydrogen-bond acceptors (Lipinski definition) is 4. The van der Waals surface area contributed by atoms with Gasteiger partial charge in [-0.25, -0.2) is 8.42 Å². The summed E-state index contributed by atoms with van der Waals surface area (Å²) >= 11 is 0. The van der Waals surface area contributed by atoms with E-state index in [0.717, 1.165) is 24.1 Å². The zero-order valence-electron chi connectivity index (χ0n) is 15.0. The Labute approximate surface area is 149 Å². The van der Waals surface area contributed by atoms with Gasteiger partial charge in [-0.2, -0.15) is 0 Å². The standard InChI is InChI=1S/C18H26N2O4S/c1-13(2)25(23,24)14(3)18(22)19-12-15-7-6-8-16(11-15)20-10-5-4-9-17(20)21/h6-8,11,13-14H,4-5,9-10,12H2,1-3H3,(H,19,22)/t14-/m0/s1. The van der Waals surface area contributed by atoms with E-state index in [1.165, 1.54) is 6.92 Å². The van der Waals surface area contributed by atoms with E-state index in [0.29, 0.717) is 13.0 Å². The van der Waals surface area contributed by atoms with E-state index in [1.54, 1.807) is 18.7 Å². The average Bonchev–Trinajstić information content (AvgIpc) is 2.59. The van der Waals surface area contributed by atoms with Gasteiger partial charge < -0.3 is 10.2 Å². The number of carbonyl (C=O) groups is 2. The Morgan fingerprint density at radius 3 is 2.60 bits per heavy atom. The van der Waals surface area contributed by atoms with Gasteiger partial charge in [0.15, 0.2) is 9.84 Å². The summed E-state index contributed by atoms with van der Waals surface area (Å²) in [5, 5.41) is 1.000. The molecule has 138 valence electrons. The molecule has 1 aliphatic heterocycles. The van der Waals surface area contributed by atoms with Crippen LogP contribution in [0.3, 0.4) is 0 Å².